The molecule has 6 heteroatoms. The van der Waals surface area contributed by atoms with Gasteiger partial charge in [0, 0.05) is 18.0 Å². The fourth-order valence-electron chi connectivity index (χ4n) is 3.43. The number of benzene rings is 2. The van der Waals surface area contributed by atoms with Crippen molar-refractivity contribution in [3.8, 4) is 10.4 Å². The Morgan fingerprint density at radius 1 is 1.14 bits per heavy atom. The van der Waals surface area contributed by atoms with E-state index in [1.807, 2.05) is 43.3 Å². The molecule has 0 atom stereocenters. The third-order valence-electron chi connectivity index (χ3n) is 4.92. The number of nitrogens with one attached hydrogen (secondary N) is 1. The zero-order chi connectivity index (χ0) is 20.2. The molecule has 1 aliphatic heterocycles. The minimum atomic E-state index is -0.333. The first-order valence-electron chi connectivity index (χ1n) is 9.64. The molecule has 1 N–H and O–H groups in total. The largest absolute Gasteiger partial charge is 0.462 e. The van der Waals surface area contributed by atoms with E-state index in [2.05, 4.69) is 34.5 Å². The summed E-state index contributed by atoms with van der Waals surface area (Å²) in [6, 6.07) is 20.4. The predicted octanol–water partition coefficient (Wildman–Crippen LogP) is 5.35. The first-order valence-corrected chi connectivity index (χ1v) is 10.9. The van der Waals surface area contributed by atoms with E-state index in [9.17, 15) is 4.79 Å². The van der Waals surface area contributed by atoms with E-state index in [0.29, 0.717) is 17.3 Å². The molecule has 1 aliphatic rings. The van der Waals surface area contributed by atoms with Gasteiger partial charge in [0.25, 0.3) is 0 Å². The summed E-state index contributed by atoms with van der Waals surface area (Å²) in [5.74, 6) is -0.333. The molecule has 0 amide bonds. The minimum absolute atomic E-state index is 0.333. The van der Waals surface area contributed by atoms with Crippen molar-refractivity contribution in [2.24, 2.45) is 0 Å². The lowest BCUT2D eigenvalue weighted by Crippen LogP contribution is -2.38. The summed E-state index contributed by atoms with van der Waals surface area (Å²) < 4.78 is 5.26. The average Bonchev–Trinajstić information content (AvgIpc) is 3.18. The Labute approximate surface area is 180 Å². The van der Waals surface area contributed by atoms with Crippen LogP contribution in [0.1, 0.15) is 28.4 Å². The Bertz CT molecular complexity index is 1030. The topological polar surface area (TPSA) is 41.6 Å². The summed E-state index contributed by atoms with van der Waals surface area (Å²) in [4.78, 5) is 15.7. The summed E-state index contributed by atoms with van der Waals surface area (Å²) in [6.45, 7) is 3.77. The van der Waals surface area contributed by atoms with E-state index in [4.69, 9.17) is 17.0 Å². The molecule has 0 spiro atoms. The lowest BCUT2D eigenvalue weighted by Gasteiger charge is -2.31. The molecule has 0 bridgehead atoms. The normalized spacial score (nSPS) is 12.9. The molecule has 2 aromatic carbocycles. The van der Waals surface area contributed by atoms with Gasteiger partial charge in [0.15, 0.2) is 5.11 Å². The van der Waals surface area contributed by atoms with Crippen molar-refractivity contribution in [3.05, 3.63) is 77.4 Å². The molecule has 1 aromatic heterocycles. The molecule has 0 aliphatic carbocycles. The van der Waals surface area contributed by atoms with Gasteiger partial charge < -0.3 is 15.0 Å². The van der Waals surface area contributed by atoms with Crippen molar-refractivity contribution in [2.75, 3.05) is 18.5 Å². The summed E-state index contributed by atoms with van der Waals surface area (Å²) in [5.41, 5.74) is 4.26. The molecule has 4 nitrogen and oxygen atoms in total. The van der Waals surface area contributed by atoms with E-state index in [-0.39, 0.29) is 5.97 Å². The maximum Gasteiger partial charge on any atom is 0.341 e. The number of anilines is 1. The van der Waals surface area contributed by atoms with Crippen LogP contribution in [0.3, 0.4) is 0 Å². The first-order chi connectivity index (χ1) is 14.2. The van der Waals surface area contributed by atoms with Gasteiger partial charge >= 0.3 is 5.97 Å². The van der Waals surface area contributed by atoms with Crippen LogP contribution in [-0.2, 0) is 17.7 Å². The fourth-order valence-corrected chi connectivity index (χ4v) is 4.81. The highest BCUT2D eigenvalue weighted by molar-refractivity contribution is 7.80. The van der Waals surface area contributed by atoms with Gasteiger partial charge in [-0.15, -0.1) is 11.3 Å². The Kier molecular flexibility index (Phi) is 5.92. The van der Waals surface area contributed by atoms with E-state index < -0.39 is 0 Å². The number of nitrogens with zero attached hydrogens (tertiary/aromatic N) is 1. The van der Waals surface area contributed by atoms with Crippen LogP contribution >= 0.6 is 23.6 Å². The molecule has 0 saturated carbocycles. The van der Waals surface area contributed by atoms with Crippen molar-refractivity contribution in [1.82, 2.24) is 4.90 Å². The van der Waals surface area contributed by atoms with Gasteiger partial charge in [-0.05, 0) is 48.3 Å². The summed E-state index contributed by atoms with van der Waals surface area (Å²) in [5, 5.41) is 4.67. The third-order valence-corrected chi connectivity index (χ3v) is 6.38. The maximum atomic E-state index is 12.5. The van der Waals surface area contributed by atoms with Gasteiger partial charge in [0.05, 0.1) is 12.2 Å². The van der Waals surface area contributed by atoms with Crippen molar-refractivity contribution in [3.63, 3.8) is 0 Å². The molecule has 0 radical (unpaired) electrons. The number of carbonyl (C=O) groups is 1. The molecular formula is C23H22N2O2S2. The van der Waals surface area contributed by atoms with Gasteiger partial charge in [-0.3, -0.25) is 0 Å². The van der Waals surface area contributed by atoms with Gasteiger partial charge in [0.1, 0.15) is 5.00 Å². The second-order valence-electron chi connectivity index (χ2n) is 6.81. The van der Waals surface area contributed by atoms with E-state index in [0.717, 1.165) is 35.0 Å². The molecule has 0 unspecified atom stereocenters. The van der Waals surface area contributed by atoms with E-state index in [1.165, 1.54) is 22.5 Å². The number of thiocarbonyl (C=S) groups is 1. The summed E-state index contributed by atoms with van der Waals surface area (Å²) >= 11 is 7.21. The second-order valence-corrected chi connectivity index (χ2v) is 8.25. The quantitative estimate of drug-likeness (QED) is 0.454. The van der Waals surface area contributed by atoms with Gasteiger partial charge in [-0.1, -0.05) is 54.6 Å². The van der Waals surface area contributed by atoms with Gasteiger partial charge in [0.2, 0.25) is 0 Å². The predicted molar refractivity (Wildman–Crippen MR) is 122 cm³/mol. The van der Waals surface area contributed by atoms with Crippen molar-refractivity contribution < 1.29 is 9.53 Å². The Hall–Kier alpha value is -2.70. The first kappa shape index (κ1) is 19.6. The van der Waals surface area contributed by atoms with Crippen LogP contribution in [0.25, 0.3) is 10.4 Å². The summed E-state index contributed by atoms with van der Waals surface area (Å²) in [6.07, 6.45) is 0.961. The standard InChI is InChI=1S/C23H22N2O2S2/c1-2-27-22(26)19-14-20(17-9-4-3-5-10-17)29-21(19)24-23(28)25-13-12-16-8-6-7-11-18(16)15-25/h3-11,14H,2,12-13,15H2,1H3,(H,24,28). The summed E-state index contributed by atoms with van der Waals surface area (Å²) in [7, 11) is 0. The number of hydrogen-bond donors (Lipinski definition) is 1. The second kappa shape index (κ2) is 8.76. The van der Waals surface area contributed by atoms with E-state index in [1.54, 1.807) is 0 Å². The molecular weight excluding hydrogens is 400 g/mol. The molecule has 4 rings (SSSR count). The average molecular weight is 423 g/mol. The number of hydrogen-bond acceptors (Lipinski definition) is 4. The number of fused-ring (bicyclic) bond motifs is 1. The van der Waals surface area contributed by atoms with Crippen LogP contribution in [0.2, 0.25) is 0 Å². The van der Waals surface area contributed by atoms with Crippen LogP contribution in [0.5, 0.6) is 0 Å². The molecule has 29 heavy (non-hydrogen) atoms. The monoisotopic (exact) mass is 422 g/mol. The number of thiophene rings is 1. The van der Waals surface area contributed by atoms with Crippen LogP contribution in [0.4, 0.5) is 5.00 Å². The smallest absolute Gasteiger partial charge is 0.341 e. The molecule has 2 heterocycles. The van der Waals surface area contributed by atoms with Crippen LogP contribution in [0.15, 0.2) is 60.7 Å². The molecule has 148 valence electrons. The Morgan fingerprint density at radius 2 is 1.86 bits per heavy atom. The lowest BCUT2D eigenvalue weighted by molar-refractivity contribution is 0.0528. The van der Waals surface area contributed by atoms with Crippen LogP contribution in [0, 0.1) is 0 Å². The minimum Gasteiger partial charge on any atom is -0.462 e. The highest BCUT2D eigenvalue weighted by Gasteiger charge is 2.22. The highest BCUT2D eigenvalue weighted by atomic mass is 32.1. The van der Waals surface area contributed by atoms with E-state index >= 15 is 0 Å². The van der Waals surface area contributed by atoms with Crippen LogP contribution < -0.4 is 5.32 Å². The zero-order valence-corrected chi connectivity index (χ0v) is 17.8. The van der Waals surface area contributed by atoms with Crippen molar-refractivity contribution in [1.29, 1.82) is 0 Å². The number of ether oxygens (including phenoxy) is 1. The zero-order valence-electron chi connectivity index (χ0n) is 16.2. The van der Waals surface area contributed by atoms with Gasteiger partial charge in [-0.2, -0.15) is 0 Å². The lowest BCUT2D eigenvalue weighted by atomic mass is 10.0. The fraction of sp³-hybridized carbons (Fsp3) is 0.217. The molecule has 3 aromatic rings. The van der Waals surface area contributed by atoms with Crippen molar-refractivity contribution >= 4 is 39.6 Å². The van der Waals surface area contributed by atoms with Crippen LogP contribution in [-0.4, -0.2) is 29.1 Å². The SMILES string of the molecule is CCOC(=O)c1cc(-c2ccccc2)sc1NC(=S)N1CCc2ccccc2C1. The number of rotatable bonds is 4. The number of esters is 1. The molecule has 0 fully saturated rings. The molecule has 0 saturated heterocycles. The maximum absolute atomic E-state index is 12.5. The van der Waals surface area contributed by atoms with Crippen molar-refractivity contribution in [2.45, 2.75) is 19.9 Å². The van der Waals surface area contributed by atoms with Gasteiger partial charge in [-0.25, -0.2) is 4.79 Å². The number of carbonyl (C=O) groups excluding carboxylic acids is 1. The Morgan fingerprint density at radius 3 is 2.62 bits per heavy atom. The highest BCUT2D eigenvalue weighted by Crippen LogP contribution is 2.36. The Balaban J connectivity index is 1.58. The third kappa shape index (κ3) is 4.33.